The van der Waals surface area contributed by atoms with Gasteiger partial charge in [-0.15, -0.1) is 0 Å². The summed E-state index contributed by atoms with van der Waals surface area (Å²) in [5, 5.41) is 6.69. The van der Waals surface area contributed by atoms with Gasteiger partial charge in [0.2, 0.25) is 0 Å². The monoisotopic (exact) mass is 349 g/mol. The van der Waals surface area contributed by atoms with Gasteiger partial charge in [-0.25, -0.2) is 14.4 Å². The third-order valence-electron chi connectivity index (χ3n) is 4.44. The normalized spacial score (nSPS) is 17.0. The van der Waals surface area contributed by atoms with Gasteiger partial charge >= 0.3 is 0 Å². The first-order valence-corrected chi connectivity index (χ1v) is 8.83. The average Bonchev–Trinajstić information content (AvgIpc) is 2.69. The van der Waals surface area contributed by atoms with E-state index in [9.17, 15) is 4.39 Å². The predicted molar refractivity (Wildman–Crippen MR) is 99.5 cm³/mol. The number of piperidine rings is 1. The Labute approximate surface area is 151 Å². The number of hydrogen-bond acceptors (Lipinski definition) is 5. The van der Waals surface area contributed by atoms with Crippen molar-refractivity contribution in [3.05, 3.63) is 66.5 Å². The minimum Gasteiger partial charge on any atom is -0.340 e. The first-order valence-electron chi connectivity index (χ1n) is 8.83. The Hall–Kier alpha value is -2.86. The summed E-state index contributed by atoms with van der Waals surface area (Å²) in [5.74, 6) is 1.13. The van der Waals surface area contributed by atoms with Gasteiger partial charge in [0.05, 0.1) is 11.7 Å². The van der Waals surface area contributed by atoms with Gasteiger partial charge in [0.25, 0.3) is 0 Å². The minimum atomic E-state index is -0.285. The molecule has 132 valence electrons. The van der Waals surface area contributed by atoms with Gasteiger partial charge in [0.1, 0.15) is 17.5 Å². The van der Waals surface area contributed by atoms with Crippen molar-refractivity contribution in [3.63, 3.8) is 0 Å². The molecule has 0 aliphatic carbocycles. The highest BCUT2D eigenvalue weighted by atomic mass is 19.1. The van der Waals surface area contributed by atoms with Gasteiger partial charge in [-0.2, -0.15) is 0 Å². The summed E-state index contributed by atoms with van der Waals surface area (Å²) in [7, 11) is 0. The summed E-state index contributed by atoms with van der Waals surface area (Å²) in [5.41, 5.74) is 2.46. The number of halogens is 1. The van der Waals surface area contributed by atoms with Gasteiger partial charge in [0, 0.05) is 29.7 Å². The lowest BCUT2D eigenvalue weighted by Gasteiger charge is -2.23. The van der Waals surface area contributed by atoms with Crippen LogP contribution in [0.2, 0.25) is 0 Å². The predicted octanol–water partition coefficient (Wildman–Crippen LogP) is 4.24. The summed E-state index contributed by atoms with van der Waals surface area (Å²) in [6, 6.07) is 12.2. The van der Waals surface area contributed by atoms with Crippen molar-refractivity contribution in [1.29, 1.82) is 0 Å². The number of nitrogens with one attached hydrogen (secondary N) is 2. The van der Waals surface area contributed by atoms with Crippen LogP contribution in [0.1, 0.15) is 31.1 Å². The van der Waals surface area contributed by atoms with Crippen molar-refractivity contribution >= 4 is 11.5 Å². The van der Waals surface area contributed by atoms with Crippen molar-refractivity contribution in [2.45, 2.75) is 25.3 Å². The molecule has 26 heavy (non-hydrogen) atoms. The SMILES string of the molecule is Fc1cccc(Nc2cc(-c3ccncc3)nc([C@@H]3CCCCN3)n2)c1. The Morgan fingerprint density at radius 2 is 1.92 bits per heavy atom. The van der Waals surface area contributed by atoms with Crippen LogP contribution in [0.25, 0.3) is 11.3 Å². The highest BCUT2D eigenvalue weighted by Crippen LogP contribution is 2.27. The zero-order valence-corrected chi connectivity index (χ0v) is 14.3. The number of nitrogens with zero attached hydrogens (tertiary/aromatic N) is 3. The van der Waals surface area contributed by atoms with Crippen molar-refractivity contribution in [2.75, 3.05) is 11.9 Å². The van der Waals surface area contributed by atoms with Crippen LogP contribution in [0, 0.1) is 5.82 Å². The van der Waals surface area contributed by atoms with Crippen LogP contribution in [0.3, 0.4) is 0 Å². The van der Waals surface area contributed by atoms with Crippen LogP contribution >= 0.6 is 0 Å². The van der Waals surface area contributed by atoms with Gasteiger partial charge in [0.15, 0.2) is 0 Å². The summed E-state index contributed by atoms with van der Waals surface area (Å²) in [6.45, 7) is 0.972. The molecule has 2 aromatic heterocycles. The lowest BCUT2D eigenvalue weighted by Crippen LogP contribution is -2.28. The van der Waals surface area contributed by atoms with E-state index >= 15 is 0 Å². The fourth-order valence-electron chi connectivity index (χ4n) is 3.14. The highest BCUT2D eigenvalue weighted by molar-refractivity contribution is 5.65. The molecule has 5 nitrogen and oxygen atoms in total. The Balaban J connectivity index is 1.72. The van der Waals surface area contributed by atoms with Crippen LogP contribution in [0.15, 0.2) is 54.9 Å². The van der Waals surface area contributed by atoms with E-state index in [2.05, 4.69) is 20.6 Å². The second kappa shape index (κ2) is 7.58. The van der Waals surface area contributed by atoms with Crippen LogP contribution in [0.4, 0.5) is 15.9 Å². The fourth-order valence-corrected chi connectivity index (χ4v) is 3.14. The van der Waals surface area contributed by atoms with E-state index in [1.165, 1.54) is 18.6 Å². The van der Waals surface area contributed by atoms with Crippen LogP contribution in [0.5, 0.6) is 0 Å². The summed E-state index contributed by atoms with van der Waals surface area (Å²) in [4.78, 5) is 13.5. The lowest BCUT2D eigenvalue weighted by molar-refractivity contribution is 0.398. The minimum absolute atomic E-state index is 0.138. The molecule has 1 aromatic carbocycles. The molecular formula is C20H20FN5. The quantitative estimate of drug-likeness (QED) is 0.738. The van der Waals surface area contributed by atoms with Gasteiger partial charge in [-0.05, 0) is 49.7 Å². The summed E-state index contributed by atoms with van der Waals surface area (Å²) >= 11 is 0. The van der Waals surface area contributed by atoms with Gasteiger partial charge in [-0.3, -0.25) is 4.98 Å². The molecule has 0 spiro atoms. The maximum absolute atomic E-state index is 13.5. The molecule has 0 bridgehead atoms. The third-order valence-corrected chi connectivity index (χ3v) is 4.44. The first-order chi connectivity index (χ1) is 12.8. The molecule has 0 amide bonds. The molecule has 2 N–H and O–H groups in total. The molecule has 1 aliphatic heterocycles. The number of hydrogen-bond donors (Lipinski definition) is 2. The van der Waals surface area contributed by atoms with Crippen LogP contribution in [-0.2, 0) is 0 Å². The Morgan fingerprint density at radius 1 is 1.04 bits per heavy atom. The Morgan fingerprint density at radius 3 is 2.69 bits per heavy atom. The number of anilines is 2. The van der Waals surface area contributed by atoms with E-state index in [0.29, 0.717) is 11.5 Å². The Kier molecular flexibility index (Phi) is 4.84. The van der Waals surface area contributed by atoms with E-state index in [1.54, 1.807) is 18.5 Å². The van der Waals surface area contributed by atoms with Crippen molar-refractivity contribution in [1.82, 2.24) is 20.3 Å². The molecule has 0 unspecified atom stereocenters. The second-order valence-electron chi connectivity index (χ2n) is 6.37. The molecule has 4 rings (SSSR count). The molecule has 1 fully saturated rings. The highest BCUT2D eigenvalue weighted by Gasteiger charge is 2.19. The van der Waals surface area contributed by atoms with Crippen molar-refractivity contribution < 1.29 is 4.39 Å². The molecular weight excluding hydrogens is 329 g/mol. The lowest BCUT2D eigenvalue weighted by atomic mass is 10.0. The fraction of sp³-hybridized carbons (Fsp3) is 0.250. The first kappa shape index (κ1) is 16.6. The molecule has 1 saturated heterocycles. The van der Waals surface area contributed by atoms with E-state index in [-0.39, 0.29) is 11.9 Å². The van der Waals surface area contributed by atoms with E-state index in [4.69, 9.17) is 4.98 Å². The van der Waals surface area contributed by atoms with E-state index in [1.807, 2.05) is 24.3 Å². The average molecular weight is 349 g/mol. The second-order valence-corrected chi connectivity index (χ2v) is 6.37. The standard InChI is InChI=1S/C20H20FN5/c21-15-4-3-5-16(12-15)24-19-13-18(14-7-10-22-11-8-14)25-20(26-19)17-6-1-2-9-23-17/h3-5,7-8,10-13,17,23H,1-2,6,9H2,(H,24,25,26)/t17-/m0/s1. The van der Waals surface area contributed by atoms with Crippen LogP contribution < -0.4 is 10.6 Å². The zero-order valence-electron chi connectivity index (χ0n) is 14.3. The molecule has 3 aromatic rings. The molecule has 0 radical (unpaired) electrons. The van der Waals surface area contributed by atoms with Gasteiger partial charge in [-0.1, -0.05) is 12.5 Å². The maximum Gasteiger partial charge on any atom is 0.148 e. The smallest absolute Gasteiger partial charge is 0.148 e. The molecule has 1 aliphatic rings. The Bertz CT molecular complexity index is 878. The third kappa shape index (κ3) is 3.86. The van der Waals surface area contributed by atoms with E-state index in [0.717, 1.165) is 36.5 Å². The van der Waals surface area contributed by atoms with Crippen molar-refractivity contribution in [3.8, 4) is 11.3 Å². The zero-order chi connectivity index (χ0) is 17.8. The topological polar surface area (TPSA) is 62.7 Å². The summed E-state index contributed by atoms with van der Waals surface area (Å²) < 4.78 is 13.5. The molecule has 1 atom stereocenters. The largest absolute Gasteiger partial charge is 0.340 e. The number of aromatic nitrogens is 3. The van der Waals surface area contributed by atoms with E-state index < -0.39 is 0 Å². The number of pyridine rings is 1. The molecule has 6 heteroatoms. The summed E-state index contributed by atoms with van der Waals surface area (Å²) in [6.07, 6.45) is 6.84. The number of rotatable bonds is 4. The maximum atomic E-state index is 13.5. The number of benzene rings is 1. The van der Waals surface area contributed by atoms with Gasteiger partial charge < -0.3 is 10.6 Å². The molecule has 0 saturated carbocycles. The van der Waals surface area contributed by atoms with Crippen LogP contribution in [-0.4, -0.2) is 21.5 Å². The molecule has 3 heterocycles. The van der Waals surface area contributed by atoms with Crippen molar-refractivity contribution in [2.24, 2.45) is 0 Å².